The molecule has 3 rings (SSSR count). The van der Waals surface area contributed by atoms with Gasteiger partial charge in [-0.3, -0.25) is 4.68 Å². The second kappa shape index (κ2) is 6.18. The minimum atomic E-state index is 0.556. The van der Waals surface area contributed by atoms with Crippen LogP contribution >= 0.6 is 0 Å². The lowest BCUT2D eigenvalue weighted by atomic mass is 10.1. The van der Waals surface area contributed by atoms with E-state index in [9.17, 15) is 0 Å². The van der Waals surface area contributed by atoms with Gasteiger partial charge in [-0.25, -0.2) is 0 Å². The summed E-state index contributed by atoms with van der Waals surface area (Å²) in [6, 6.07) is 6.34. The second-order valence-electron chi connectivity index (χ2n) is 5.50. The molecule has 5 heteroatoms. The highest BCUT2D eigenvalue weighted by Crippen LogP contribution is 2.25. The quantitative estimate of drug-likeness (QED) is 0.929. The summed E-state index contributed by atoms with van der Waals surface area (Å²) in [6.45, 7) is 6.94. The van der Waals surface area contributed by atoms with E-state index in [4.69, 9.17) is 4.74 Å². The van der Waals surface area contributed by atoms with Gasteiger partial charge in [-0.2, -0.15) is 5.10 Å². The van der Waals surface area contributed by atoms with Crippen LogP contribution in [0.2, 0.25) is 0 Å². The van der Waals surface area contributed by atoms with Crippen LogP contribution in [0.3, 0.4) is 0 Å². The Hall–Kier alpha value is -2.01. The van der Waals surface area contributed by atoms with E-state index in [2.05, 4.69) is 40.4 Å². The Balaban J connectivity index is 1.65. The van der Waals surface area contributed by atoms with Crippen LogP contribution in [0.5, 0.6) is 5.75 Å². The van der Waals surface area contributed by atoms with Crippen LogP contribution in [0.15, 0.2) is 30.6 Å². The molecule has 1 aliphatic heterocycles. The van der Waals surface area contributed by atoms with Crippen LogP contribution < -0.4 is 15.0 Å². The summed E-state index contributed by atoms with van der Waals surface area (Å²) in [6.07, 6.45) is 3.81. The van der Waals surface area contributed by atoms with Crippen molar-refractivity contribution in [1.29, 1.82) is 0 Å². The molecule has 1 aromatic heterocycles. The SMILES string of the molecule is Cc1cc(OCc2cnn(C)c2)ccc1N1CCNCC1. The molecule has 1 saturated heterocycles. The van der Waals surface area contributed by atoms with Crippen LogP contribution in [0.25, 0.3) is 0 Å². The van der Waals surface area contributed by atoms with Gasteiger partial charge in [0, 0.05) is 50.7 Å². The minimum Gasteiger partial charge on any atom is -0.489 e. The smallest absolute Gasteiger partial charge is 0.120 e. The fraction of sp³-hybridized carbons (Fsp3) is 0.438. The Kier molecular flexibility index (Phi) is 4.10. The normalized spacial score (nSPS) is 15.2. The van der Waals surface area contributed by atoms with Gasteiger partial charge in [-0.15, -0.1) is 0 Å². The van der Waals surface area contributed by atoms with Crippen molar-refractivity contribution in [3.8, 4) is 5.75 Å². The van der Waals surface area contributed by atoms with E-state index in [0.29, 0.717) is 6.61 Å². The number of nitrogens with one attached hydrogen (secondary N) is 1. The topological polar surface area (TPSA) is 42.3 Å². The van der Waals surface area contributed by atoms with Gasteiger partial charge >= 0.3 is 0 Å². The lowest BCUT2D eigenvalue weighted by Gasteiger charge is -2.30. The predicted molar refractivity (Wildman–Crippen MR) is 83.8 cm³/mol. The first-order valence-corrected chi connectivity index (χ1v) is 7.39. The van der Waals surface area contributed by atoms with Crippen LogP contribution in [-0.2, 0) is 13.7 Å². The summed E-state index contributed by atoms with van der Waals surface area (Å²) < 4.78 is 7.63. The molecule has 1 aliphatic rings. The Morgan fingerprint density at radius 3 is 2.76 bits per heavy atom. The highest BCUT2D eigenvalue weighted by Gasteiger charge is 2.12. The monoisotopic (exact) mass is 286 g/mol. The molecule has 5 nitrogen and oxygen atoms in total. The standard InChI is InChI=1S/C16H22N4O/c1-13-9-15(21-12-14-10-18-19(2)11-14)3-4-16(13)20-7-5-17-6-8-20/h3-4,9-11,17H,5-8,12H2,1-2H3. The van der Waals surface area contributed by atoms with Crippen LogP contribution in [0.4, 0.5) is 5.69 Å². The van der Waals surface area contributed by atoms with E-state index in [1.54, 1.807) is 4.68 Å². The maximum Gasteiger partial charge on any atom is 0.120 e. The number of piperazine rings is 1. The van der Waals surface area contributed by atoms with Crippen LogP contribution in [0.1, 0.15) is 11.1 Å². The average molecular weight is 286 g/mol. The van der Waals surface area contributed by atoms with Crippen LogP contribution in [0, 0.1) is 6.92 Å². The average Bonchev–Trinajstić information content (AvgIpc) is 2.92. The van der Waals surface area contributed by atoms with E-state index in [0.717, 1.165) is 37.5 Å². The number of ether oxygens (including phenoxy) is 1. The lowest BCUT2D eigenvalue weighted by Crippen LogP contribution is -2.43. The number of aryl methyl sites for hydroxylation is 2. The molecule has 0 radical (unpaired) electrons. The molecule has 0 bridgehead atoms. The molecule has 0 spiro atoms. The molecule has 0 unspecified atom stereocenters. The molecule has 2 aromatic rings. The highest BCUT2D eigenvalue weighted by molar-refractivity contribution is 5.56. The third-order valence-electron chi connectivity index (χ3n) is 3.79. The van der Waals surface area contributed by atoms with Crippen molar-refractivity contribution in [1.82, 2.24) is 15.1 Å². The fourth-order valence-electron chi connectivity index (χ4n) is 2.69. The number of nitrogens with zero attached hydrogens (tertiary/aromatic N) is 3. The second-order valence-corrected chi connectivity index (χ2v) is 5.50. The first kappa shape index (κ1) is 13.9. The molecular formula is C16H22N4O. The molecule has 1 fully saturated rings. The fourth-order valence-corrected chi connectivity index (χ4v) is 2.69. The minimum absolute atomic E-state index is 0.556. The summed E-state index contributed by atoms with van der Waals surface area (Å²) >= 11 is 0. The molecule has 112 valence electrons. The predicted octanol–water partition coefficient (Wildman–Crippen LogP) is 1.72. The zero-order chi connectivity index (χ0) is 14.7. The van der Waals surface area contributed by atoms with Crippen molar-refractivity contribution in [3.05, 3.63) is 41.7 Å². The number of anilines is 1. The molecule has 2 heterocycles. The number of hydrogen-bond donors (Lipinski definition) is 1. The molecule has 1 N–H and O–H groups in total. The van der Waals surface area contributed by atoms with E-state index in [1.165, 1.54) is 11.3 Å². The molecule has 0 saturated carbocycles. The number of rotatable bonds is 4. The van der Waals surface area contributed by atoms with Crippen molar-refractivity contribution in [2.24, 2.45) is 7.05 Å². The van der Waals surface area contributed by atoms with Crippen molar-refractivity contribution < 1.29 is 4.74 Å². The maximum atomic E-state index is 5.84. The first-order valence-electron chi connectivity index (χ1n) is 7.39. The highest BCUT2D eigenvalue weighted by atomic mass is 16.5. The molecule has 0 aliphatic carbocycles. The van der Waals surface area contributed by atoms with Gasteiger partial charge in [0.1, 0.15) is 12.4 Å². The first-order chi connectivity index (χ1) is 10.2. The molecule has 1 aromatic carbocycles. The van der Waals surface area contributed by atoms with Gasteiger partial charge in [0.2, 0.25) is 0 Å². The van der Waals surface area contributed by atoms with E-state index < -0.39 is 0 Å². The van der Waals surface area contributed by atoms with Gasteiger partial charge in [-0.1, -0.05) is 0 Å². The Labute approximate surface area is 125 Å². The Morgan fingerprint density at radius 1 is 1.29 bits per heavy atom. The zero-order valence-electron chi connectivity index (χ0n) is 12.7. The van der Waals surface area contributed by atoms with Crippen molar-refractivity contribution in [3.63, 3.8) is 0 Å². The summed E-state index contributed by atoms with van der Waals surface area (Å²) in [5, 5.41) is 7.53. The molecule has 21 heavy (non-hydrogen) atoms. The Bertz CT molecular complexity index is 602. The number of aromatic nitrogens is 2. The number of benzene rings is 1. The third-order valence-corrected chi connectivity index (χ3v) is 3.79. The molecule has 0 atom stereocenters. The van der Waals surface area contributed by atoms with Gasteiger partial charge in [0.25, 0.3) is 0 Å². The summed E-state index contributed by atoms with van der Waals surface area (Å²) in [5.74, 6) is 0.912. The van der Waals surface area contributed by atoms with E-state index in [-0.39, 0.29) is 0 Å². The summed E-state index contributed by atoms with van der Waals surface area (Å²) in [4.78, 5) is 2.43. The van der Waals surface area contributed by atoms with Crippen molar-refractivity contribution in [2.75, 3.05) is 31.1 Å². The molecule has 0 amide bonds. The van der Waals surface area contributed by atoms with Crippen LogP contribution in [-0.4, -0.2) is 36.0 Å². The number of hydrogen-bond acceptors (Lipinski definition) is 4. The summed E-state index contributed by atoms with van der Waals surface area (Å²) in [5.41, 5.74) is 3.66. The van der Waals surface area contributed by atoms with E-state index >= 15 is 0 Å². The van der Waals surface area contributed by atoms with Gasteiger partial charge in [0.15, 0.2) is 0 Å². The largest absolute Gasteiger partial charge is 0.489 e. The van der Waals surface area contributed by atoms with Crippen molar-refractivity contribution >= 4 is 5.69 Å². The summed E-state index contributed by atoms with van der Waals surface area (Å²) in [7, 11) is 1.91. The van der Waals surface area contributed by atoms with Crippen molar-refractivity contribution in [2.45, 2.75) is 13.5 Å². The maximum absolute atomic E-state index is 5.84. The van der Waals surface area contributed by atoms with E-state index in [1.807, 2.05) is 19.4 Å². The van der Waals surface area contributed by atoms with Gasteiger partial charge in [-0.05, 0) is 30.7 Å². The Morgan fingerprint density at radius 2 is 2.10 bits per heavy atom. The van der Waals surface area contributed by atoms with Gasteiger partial charge in [0.05, 0.1) is 6.20 Å². The lowest BCUT2D eigenvalue weighted by molar-refractivity contribution is 0.306. The zero-order valence-corrected chi connectivity index (χ0v) is 12.7. The van der Waals surface area contributed by atoms with Gasteiger partial charge < -0.3 is 15.0 Å². The third kappa shape index (κ3) is 3.36. The molecular weight excluding hydrogens is 264 g/mol.